The van der Waals surface area contributed by atoms with Gasteiger partial charge in [0.25, 0.3) is 0 Å². The first-order valence-electron chi connectivity index (χ1n) is 6.69. The summed E-state index contributed by atoms with van der Waals surface area (Å²) < 4.78 is 11.0. The highest BCUT2D eigenvalue weighted by atomic mass is 16.5. The topological polar surface area (TPSA) is 31.4 Å². The van der Waals surface area contributed by atoms with E-state index in [0.717, 1.165) is 22.8 Å². The van der Waals surface area contributed by atoms with E-state index >= 15 is 0 Å². The van der Waals surface area contributed by atoms with Crippen molar-refractivity contribution < 1.29 is 9.47 Å². The van der Waals surface area contributed by atoms with E-state index in [1.807, 2.05) is 72.8 Å². The molecule has 2 aromatic carbocycles. The summed E-state index contributed by atoms with van der Waals surface area (Å²) in [5.41, 5.74) is 1.84. The Morgan fingerprint density at radius 2 is 1.52 bits per heavy atom. The van der Waals surface area contributed by atoms with Gasteiger partial charge in [0.15, 0.2) is 0 Å². The molecule has 1 aromatic heterocycles. The molecular weight excluding hydrogens is 262 g/mol. The second-order valence-electron chi connectivity index (χ2n) is 4.51. The highest BCUT2D eigenvalue weighted by molar-refractivity contribution is 5.61. The average molecular weight is 277 g/mol. The fourth-order valence-corrected chi connectivity index (χ4v) is 2.02. The first-order valence-corrected chi connectivity index (χ1v) is 6.69. The number of ether oxygens (including phenoxy) is 2. The molecule has 0 bridgehead atoms. The van der Waals surface area contributed by atoms with Crippen LogP contribution >= 0.6 is 0 Å². The summed E-state index contributed by atoms with van der Waals surface area (Å²) in [4.78, 5) is 4.54. The molecule has 3 rings (SSSR count). The van der Waals surface area contributed by atoms with Gasteiger partial charge in [-0.25, -0.2) is 4.98 Å². The molecule has 0 aliphatic carbocycles. The lowest BCUT2D eigenvalue weighted by Gasteiger charge is -2.07. The zero-order valence-corrected chi connectivity index (χ0v) is 11.7. The Balaban J connectivity index is 1.89. The van der Waals surface area contributed by atoms with E-state index < -0.39 is 0 Å². The summed E-state index contributed by atoms with van der Waals surface area (Å²) >= 11 is 0. The molecule has 3 nitrogen and oxygen atoms in total. The quantitative estimate of drug-likeness (QED) is 0.701. The number of aromatic nitrogens is 1. The lowest BCUT2D eigenvalue weighted by Crippen LogP contribution is -1.90. The van der Waals surface area contributed by atoms with Crippen molar-refractivity contribution in [3.8, 4) is 28.6 Å². The highest BCUT2D eigenvalue weighted by Crippen LogP contribution is 2.25. The summed E-state index contributed by atoms with van der Waals surface area (Å²) in [5.74, 6) is 2.15. The smallest absolute Gasteiger partial charge is 0.219 e. The highest BCUT2D eigenvalue weighted by Gasteiger charge is 2.04. The van der Waals surface area contributed by atoms with Crippen molar-refractivity contribution in [2.45, 2.75) is 0 Å². The number of methoxy groups -OCH3 is 1. The maximum absolute atomic E-state index is 5.75. The van der Waals surface area contributed by atoms with E-state index in [4.69, 9.17) is 9.47 Å². The van der Waals surface area contributed by atoms with Gasteiger partial charge < -0.3 is 9.47 Å². The maximum Gasteiger partial charge on any atom is 0.219 e. The maximum atomic E-state index is 5.75. The molecule has 0 fully saturated rings. The number of rotatable bonds is 4. The minimum atomic E-state index is 0.571. The van der Waals surface area contributed by atoms with E-state index in [1.165, 1.54) is 0 Å². The van der Waals surface area contributed by atoms with Gasteiger partial charge in [-0.2, -0.15) is 0 Å². The van der Waals surface area contributed by atoms with Crippen LogP contribution in [0.4, 0.5) is 0 Å². The molecule has 0 aliphatic rings. The molecular formula is C18H15NO2. The Kier molecular flexibility index (Phi) is 3.83. The van der Waals surface area contributed by atoms with Gasteiger partial charge in [0.2, 0.25) is 5.88 Å². The molecule has 0 aliphatic heterocycles. The van der Waals surface area contributed by atoms with Gasteiger partial charge in [-0.3, -0.25) is 0 Å². The minimum absolute atomic E-state index is 0.571. The molecule has 3 heteroatoms. The van der Waals surface area contributed by atoms with Crippen LogP contribution in [0.1, 0.15) is 0 Å². The van der Waals surface area contributed by atoms with Crippen LogP contribution in [0.5, 0.6) is 17.4 Å². The molecule has 1 heterocycles. The fourth-order valence-electron chi connectivity index (χ4n) is 2.02. The first-order chi connectivity index (χ1) is 10.3. The van der Waals surface area contributed by atoms with Crippen molar-refractivity contribution in [2.75, 3.05) is 7.11 Å². The van der Waals surface area contributed by atoms with Gasteiger partial charge >= 0.3 is 0 Å². The Hall–Kier alpha value is -2.81. The van der Waals surface area contributed by atoms with E-state index in [1.54, 1.807) is 7.11 Å². The lowest BCUT2D eigenvalue weighted by atomic mass is 10.1. The molecule has 0 spiro atoms. The second kappa shape index (κ2) is 6.09. The van der Waals surface area contributed by atoms with Crippen molar-refractivity contribution in [3.63, 3.8) is 0 Å². The second-order valence-corrected chi connectivity index (χ2v) is 4.51. The number of pyridine rings is 1. The van der Waals surface area contributed by atoms with Crippen LogP contribution in [0.2, 0.25) is 0 Å². The molecule has 0 saturated heterocycles. The summed E-state index contributed by atoms with van der Waals surface area (Å²) in [5, 5.41) is 0. The van der Waals surface area contributed by atoms with Crippen molar-refractivity contribution >= 4 is 0 Å². The zero-order chi connectivity index (χ0) is 14.5. The van der Waals surface area contributed by atoms with E-state index in [9.17, 15) is 0 Å². The predicted molar refractivity (Wildman–Crippen MR) is 82.7 cm³/mol. The largest absolute Gasteiger partial charge is 0.497 e. The molecule has 0 amide bonds. The number of nitrogens with zero attached hydrogens (tertiary/aromatic N) is 1. The van der Waals surface area contributed by atoms with Crippen LogP contribution in [-0.2, 0) is 0 Å². The predicted octanol–water partition coefficient (Wildman–Crippen LogP) is 4.55. The molecule has 0 radical (unpaired) electrons. The Labute approximate surface area is 123 Å². The zero-order valence-electron chi connectivity index (χ0n) is 11.7. The third-order valence-electron chi connectivity index (χ3n) is 3.05. The Morgan fingerprint density at radius 3 is 2.33 bits per heavy atom. The van der Waals surface area contributed by atoms with Crippen molar-refractivity contribution in [1.29, 1.82) is 0 Å². The van der Waals surface area contributed by atoms with E-state index in [0.29, 0.717) is 5.88 Å². The molecule has 3 aromatic rings. The number of hydrogen-bond acceptors (Lipinski definition) is 3. The first kappa shape index (κ1) is 13.2. The molecule has 0 unspecified atom stereocenters. The summed E-state index contributed by atoms with van der Waals surface area (Å²) in [6.07, 6.45) is 0. The third-order valence-corrected chi connectivity index (χ3v) is 3.05. The van der Waals surface area contributed by atoms with Gasteiger partial charge in [-0.15, -0.1) is 0 Å². The van der Waals surface area contributed by atoms with Crippen molar-refractivity contribution in [2.24, 2.45) is 0 Å². The standard InChI is InChI=1S/C18H15NO2/c1-20-16-10-5-7-14(13-16)17-11-6-12-18(19-17)21-15-8-3-2-4-9-15/h2-13H,1H3. The Morgan fingerprint density at radius 1 is 0.762 bits per heavy atom. The molecule has 104 valence electrons. The van der Waals surface area contributed by atoms with Gasteiger partial charge in [0.05, 0.1) is 12.8 Å². The molecule has 0 saturated carbocycles. The number of benzene rings is 2. The monoisotopic (exact) mass is 277 g/mol. The van der Waals surface area contributed by atoms with Crippen molar-refractivity contribution in [3.05, 3.63) is 72.8 Å². The SMILES string of the molecule is COc1cccc(-c2cccc(Oc3ccccc3)n2)c1. The summed E-state index contributed by atoms with van der Waals surface area (Å²) in [6, 6.07) is 23.2. The van der Waals surface area contributed by atoms with Crippen LogP contribution in [0.25, 0.3) is 11.3 Å². The normalized spacial score (nSPS) is 10.1. The molecule has 0 atom stereocenters. The number of hydrogen-bond donors (Lipinski definition) is 0. The Bertz CT molecular complexity index is 726. The number of para-hydroxylation sites is 1. The minimum Gasteiger partial charge on any atom is -0.497 e. The summed E-state index contributed by atoms with van der Waals surface area (Å²) in [6.45, 7) is 0. The third kappa shape index (κ3) is 3.20. The van der Waals surface area contributed by atoms with Crippen LogP contribution in [0.15, 0.2) is 72.8 Å². The fraction of sp³-hybridized carbons (Fsp3) is 0.0556. The average Bonchev–Trinajstić information content (AvgIpc) is 2.56. The molecule has 0 N–H and O–H groups in total. The summed E-state index contributed by atoms with van der Waals surface area (Å²) in [7, 11) is 1.65. The van der Waals surface area contributed by atoms with Crippen LogP contribution < -0.4 is 9.47 Å². The van der Waals surface area contributed by atoms with Crippen molar-refractivity contribution in [1.82, 2.24) is 4.98 Å². The van der Waals surface area contributed by atoms with Crippen LogP contribution in [0, 0.1) is 0 Å². The van der Waals surface area contributed by atoms with Crippen LogP contribution in [-0.4, -0.2) is 12.1 Å². The van der Waals surface area contributed by atoms with E-state index in [2.05, 4.69) is 4.98 Å². The van der Waals surface area contributed by atoms with Gasteiger partial charge in [-0.1, -0.05) is 36.4 Å². The van der Waals surface area contributed by atoms with Gasteiger partial charge in [0, 0.05) is 11.6 Å². The lowest BCUT2D eigenvalue weighted by molar-refractivity contribution is 0.415. The molecule has 21 heavy (non-hydrogen) atoms. The van der Waals surface area contributed by atoms with Gasteiger partial charge in [-0.05, 0) is 30.3 Å². The van der Waals surface area contributed by atoms with Gasteiger partial charge in [0.1, 0.15) is 11.5 Å². The van der Waals surface area contributed by atoms with Crippen LogP contribution in [0.3, 0.4) is 0 Å². The van der Waals surface area contributed by atoms with E-state index in [-0.39, 0.29) is 0 Å².